The minimum absolute atomic E-state index is 0.00546. The van der Waals surface area contributed by atoms with E-state index in [0.717, 1.165) is 58.6 Å². The number of nitrogens with zero attached hydrogens (tertiary/aromatic N) is 1. The largest absolute Gasteiger partial charge is 0.398 e. The second-order valence-electron chi connectivity index (χ2n) is 9.20. The van der Waals surface area contributed by atoms with E-state index < -0.39 is 6.10 Å². The molecule has 3 rings (SSSR count). The Morgan fingerprint density at radius 2 is 1.75 bits per heavy atom. The number of β-amino-alcohol motifs (C(OH)–C–C–N with tert-alkyl or cyclic N) is 1. The highest BCUT2D eigenvalue weighted by atomic mass is 16.3. The van der Waals surface area contributed by atoms with Gasteiger partial charge in [0.15, 0.2) is 0 Å². The number of benzene rings is 2. The van der Waals surface area contributed by atoms with Crippen LogP contribution in [0.2, 0.25) is 0 Å². The highest BCUT2D eigenvalue weighted by Gasteiger charge is 2.28. The van der Waals surface area contributed by atoms with Gasteiger partial charge in [0.2, 0.25) is 5.91 Å². The third-order valence-corrected chi connectivity index (χ3v) is 7.08. The third kappa shape index (κ3) is 5.43. The predicted octanol–water partition coefficient (Wildman–Crippen LogP) is 3.62. The van der Waals surface area contributed by atoms with Gasteiger partial charge in [0, 0.05) is 36.5 Å². The van der Waals surface area contributed by atoms with Gasteiger partial charge in [-0.3, -0.25) is 9.69 Å². The van der Waals surface area contributed by atoms with Gasteiger partial charge in [-0.1, -0.05) is 30.3 Å². The zero-order chi connectivity index (χ0) is 23.4. The summed E-state index contributed by atoms with van der Waals surface area (Å²) in [5.41, 5.74) is 13.3. The molecule has 3 unspecified atom stereocenters. The van der Waals surface area contributed by atoms with Gasteiger partial charge in [-0.15, -0.1) is 0 Å². The maximum absolute atomic E-state index is 12.6. The summed E-state index contributed by atoms with van der Waals surface area (Å²) in [6, 6.07) is 10.2. The Hall–Kier alpha value is -2.57. The zero-order valence-corrected chi connectivity index (χ0v) is 20.0. The second kappa shape index (κ2) is 10.4. The van der Waals surface area contributed by atoms with Crippen LogP contribution >= 0.6 is 0 Å². The lowest BCUT2D eigenvalue weighted by Gasteiger charge is -2.39. The molecule has 6 nitrogen and oxygen atoms in total. The minimum Gasteiger partial charge on any atom is -0.398 e. The van der Waals surface area contributed by atoms with Crippen molar-refractivity contribution in [3.05, 3.63) is 58.1 Å². The predicted molar refractivity (Wildman–Crippen MR) is 132 cm³/mol. The number of hydrogen-bond acceptors (Lipinski definition) is 5. The number of nitrogens with two attached hydrogens (primary N) is 1. The molecule has 0 saturated carbocycles. The van der Waals surface area contributed by atoms with Gasteiger partial charge in [-0.2, -0.15) is 0 Å². The third-order valence-electron chi connectivity index (χ3n) is 7.08. The minimum atomic E-state index is -0.493. The number of hydrogen-bond donors (Lipinski definition) is 4. The summed E-state index contributed by atoms with van der Waals surface area (Å²) < 4.78 is 0. The topological polar surface area (TPSA) is 90.6 Å². The monoisotopic (exact) mass is 438 g/mol. The van der Waals surface area contributed by atoms with Crippen LogP contribution in [0.4, 0.5) is 11.4 Å². The lowest BCUT2D eigenvalue weighted by Crippen LogP contribution is -2.50. The Morgan fingerprint density at radius 1 is 1.12 bits per heavy atom. The molecule has 5 N–H and O–H groups in total. The molecule has 1 amide bonds. The van der Waals surface area contributed by atoms with E-state index >= 15 is 0 Å². The number of amides is 1. The van der Waals surface area contributed by atoms with Gasteiger partial charge in [0.1, 0.15) is 0 Å². The molecule has 1 aliphatic rings. The van der Waals surface area contributed by atoms with E-state index in [0.29, 0.717) is 12.6 Å². The van der Waals surface area contributed by atoms with Crippen LogP contribution < -0.4 is 16.4 Å². The van der Waals surface area contributed by atoms with Crippen molar-refractivity contribution in [1.82, 2.24) is 10.2 Å². The average Bonchev–Trinajstić information content (AvgIpc) is 2.78. The molecule has 1 fully saturated rings. The van der Waals surface area contributed by atoms with E-state index in [4.69, 9.17) is 5.73 Å². The van der Waals surface area contributed by atoms with Crippen LogP contribution in [0.3, 0.4) is 0 Å². The van der Waals surface area contributed by atoms with E-state index in [-0.39, 0.29) is 18.5 Å². The van der Waals surface area contributed by atoms with Gasteiger partial charge in [0.25, 0.3) is 0 Å². The van der Waals surface area contributed by atoms with Crippen molar-refractivity contribution in [2.45, 2.75) is 65.6 Å². The van der Waals surface area contributed by atoms with Crippen molar-refractivity contribution in [2.75, 3.05) is 30.7 Å². The average molecular weight is 439 g/mol. The number of rotatable bonds is 7. The first-order valence-corrected chi connectivity index (χ1v) is 11.5. The molecular weight excluding hydrogens is 400 g/mol. The molecule has 0 spiro atoms. The normalized spacial score (nSPS) is 20.1. The summed E-state index contributed by atoms with van der Waals surface area (Å²) >= 11 is 0. The molecule has 0 aromatic heterocycles. The van der Waals surface area contributed by atoms with E-state index in [1.807, 2.05) is 58.0 Å². The van der Waals surface area contributed by atoms with Crippen molar-refractivity contribution in [3.63, 3.8) is 0 Å². The van der Waals surface area contributed by atoms with Crippen molar-refractivity contribution in [2.24, 2.45) is 0 Å². The highest BCUT2D eigenvalue weighted by Crippen LogP contribution is 2.32. The number of carbonyl (C=O) groups is 1. The molecule has 1 saturated heterocycles. The van der Waals surface area contributed by atoms with Gasteiger partial charge < -0.3 is 21.5 Å². The van der Waals surface area contributed by atoms with E-state index in [9.17, 15) is 9.90 Å². The lowest BCUT2D eigenvalue weighted by atomic mass is 9.96. The van der Waals surface area contributed by atoms with Crippen LogP contribution in [0, 0.1) is 27.7 Å². The van der Waals surface area contributed by atoms with Gasteiger partial charge in [-0.25, -0.2) is 0 Å². The fourth-order valence-electron chi connectivity index (χ4n) is 4.68. The molecule has 0 radical (unpaired) electrons. The molecule has 174 valence electrons. The second-order valence-corrected chi connectivity index (χ2v) is 9.20. The van der Waals surface area contributed by atoms with Crippen LogP contribution in [0.1, 0.15) is 53.7 Å². The summed E-state index contributed by atoms with van der Waals surface area (Å²) in [5, 5.41) is 17.1. The number of carbonyl (C=O) groups excluding carboxylic acids is 1. The molecule has 32 heavy (non-hydrogen) atoms. The molecule has 0 bridgehead atoms. The Bertz CT molecular complexity index is 916. The van der Waals surface area contributed by atoms with E-state index in [2.05, 4.69) is 22.5 Å². The number of piperidine rings is 1. The SMILES string of the molecule is Cc1c(C)c(NCC(=O)NC2CCN(CC(O)c3ccccc3)C(C)C2)c(C)c(C)c1N. The number of nitrogens with one attached hydrogen (secondary N) is 2. The van der Waals surface area contributed by atoms with Crippen molar-refractivity contribution >= 4 is 17.3 Å². The Morgan fingerprint density at radius 3 is 2.34 bits per heavy atom. The smallest absolute Gasteiger partial charge is 0.239 e. The highest BCUT2D eigenvalue weighted by molar-refractivity contribution is 5.82. The van der Waals surface area contributed by atoms with Gasteiger partial charge in [0.05, 0.1) is 12.6 Å². The summed E-state index contributed by atoms with van der Waals surface area (Å²) in [6.45, 7) is 12.0. The van der Waals surface area contributed by atoms with Gasteiger partial charge >= 0.3 is 0 Å². The maximum atomic E-state index is 12.6. The fraction of sp³-hybridized carbons (Fsp3) is 0.500. The standard InChI is InChI=1S/C26H38N4O2/c1-16-13-22(11-12-30(16)15-23(31)21-9-7-6-8-10-21)29-24(32)14-28-26-19(4)17(2)25(27)18(3)20(26)5/h6-10,16,22-23,28,31H,11-15,27H2,1-5H3,(H,29,32). The molecule has 1 heterocycles. The van der Waals surface area contributed by atoms with Crippen molar-refractivity contribution in [1.29, 1.82) is 0 Å². The quantitative estimate of drug-likeness (QED) is 0.496. The summed E-state index contributed by atoms with van der Waals surface area (Å²) in [7, 11) is 0. The Balaban J connectivity index is 1.50. The maximum Gasteiger partial charge on any atom is 0.239 e. The number of likely N-dealkylation sites (tertiary alicyclic amines) is 1. The summed E-state index contributed by atoms with van der Waals surface area (Å²) in [4.78, 5) is 15.0. The first-order valence-electron chi connectivity index (χ1n) is 11.5. The number of nitrogen functional groups attached to an aromatic ring is 1. The van der Waals surface area contributed by atoms with Crippen LogP contribution in [0.25, 0.3) is 0 Å². The van der Waals surface area contributed by atoms with Crippen LogP contribution in [-0.4, -0.2) is 47.6 Å². The number of aliphatic hydroxyl groups is 1. The molecule has 1 aliphatic heterocycles. The molecule has 3 atom stereocenters. The van der Waals surface area contributed by atoms with E-state index in [1.54, 1.807) is 0 Å². The number of anilines is 2. The van der Waals surface area contributed by atoms with Crippen molar-refractivity contribution in [3.8, 4) is 0 Å². The summed E-state index contributed by atoms with van der Waals surface area (Å²) in [5.74, 6) is 0.00546. The van der Waals surface area contributed by atoms with Gasteiger partial charge in [-0.05, 0) is 75.3 Å². The fourth-order valence-corrected chi connectivity index (χ4v) is 4.68. The van der Waals surface area contributed by atoms with Crippen LogP contribution in [0.15, 0.2) is 30.3 Å². The molecule has 2 aromatic rings. The number of aliphatic hydroxyl groups excluding tert-OH is 1. The summed E-state index contributed by atoms with van der Waals surface area (Å²) in [6.07, 6.45) is 1.27. The molecular formula is C26H38N4O2. The Labute approximate surface area is 192 Å². The van der Waals surface area contributed by atoms with Crippen LogP contribution in [-0.2, 0) is 4.79 Å². The molecule has 0 aliphatic carbocycles. The zero-order valence-electron chi connectivity index (χ0n) is 20.0. The molecule has 2 aromatic carbocycles. The molecule has 6 heteroatoms. The van der Waals surface area contributed by atoms with Crippen molar-refractivity contribution < 1.29 is 9.90 Å². The lowest BCUT2D eigenvalue weighted by molar-refractivity contribution is -0.120. The Kier molecular flexibility index (Phi) is 7.80. The first kappa shape index (κ1) is 24.1. The van der Waals surface area contributed by atoms with Crippen LogP contribution in [0.5, 0.6) is 0 Å². The van der Waals surface area contributed by atoms with E-state index in [1.165, 1.54) is 0 Å². The first-order chi connectivity index (χ1) is 15.2.